The Bertz CT molecular complexity index is 270. The van der Waals surface area contributed by atoms with E-state index in [1.165, 1.54) is 0 Å². The van der Waals surface area contributed by atoms with E-state index in [9.17, 15) is 4.80 Å². The Hall–Kier alpha value is 0.0169. The van der Waals surface area contributed by atoms with Gasteiger partial charge in [0.05, 0.1) is 26.4 Å². The molecule has 0 bridgehead atoms. The Balaban J connectivity index is 1.52. The molecule has 0 amide bonds. The summed E-state index contributed by atoms with van der Waals surface area (Å²) in [6.07, 6.45) is 2.56. The summed E-state index contributed by atoms with van der Waals surface area (Å²) in [5, 5.41) is 0. The second kappa shape index (κ2) is 8.60. The predicted octanol–water partition coefficient (Wildman–Crippen LogP) is 1.95. The van der Waals surface area contributed by atoms with E-state index in [-0.39, 0.29) is 0 Å². The Kier molecular flexibility index (Phi) is 7.11. The van der Waals surface area contributed by atoms with E-state index in [1.54, 1.807) is 0 Å². The van der Waals surface area contributed by atoms with E-state index in [4.69, 9.17) is 18.9 Å². The topological polar surface area (TPSA) is 63.8 Å². The lowest BCUT2D eigenvalue weighted by molar-refractivity contribution is 0.114. The van der Waals surface area contributed by atoms with Gasteiger partial charge in [-0.15, -0.1) is 0 Å². The summed E-state index contributed by atoms with van der Waals surface area (Å²) in [7, 11) is -2.17. The molecule has 2 aliphatic heterocycles. The third kappa shape index (κ3) is 7.21. The number of hydrogen-bond donors (Lipinski definition) is 1. The van der Waals surface area contributed by atoms with Crippen LogP contribution in [0.5, 0.6) is 0 Å². The Morgan fingerprint density at radius 3 is 1.76 bits per heavy atom. The summed E-state index contributed by atoms with van der Waals surface area (Å²) in [6.45, 7) is 8.85. The average molecular weight is 318 g/mol. The van der Waals surface area contributed by atoms with E-state index in [0.717, 1.165) is 51.4 Å². The van der Waals surface area contributed by atoms with Crippen LogP contribution in [0.15, 0.2) is 0 Å². The lowest BCUT2D eigenvalue weighted by Gasteiger charge is -2.29. The highest BCUT2D eigenvalue weighted by molar-refractivity contribution is 6.73. The maximum atomic E-state index is 10.9. The first-order chi connectivity index (χ1) is 10.1. The molecule has 2 heterocycles. The van der Waals surface area contributed by atoms with E-state index >= 15 is 0 Å². The molecule has 2 unspecified atom stereocenters. The molecule has 0 aliphatic carbocycles. The first kappa shape index (κ1) is 17.4. The van der Waals surface area contributed by atoms with Crippen LogP contribution in [0.25, 0.3) is 0 Å². The van der Waals surface area contributed by atoms with E-state index in [0.29, 0.717) is 31.0 Å². The second-order valence-corrected chi connectivity index (χ2v) is 10.9. The molecular formula is C15H30O5Si. The lowest BCUT2D eigenvalue weighted by atomic mass is 10.5. The fourth-order valence-electron chi connectivity index (χ4n) is 2.42. The van der Waals surface area contributed by atoms with Crippen LogP contribution in [-0.4, -0.2) is 65.0 Å². The van der Waals surface area contributed by atoms with Crippen LogP contribution in [0.1, 0.15) is 26.7 Å². The molecule has 124 valence electrons. The van der Waals surface area contributed by atoms with Crippen LogP contribution in [0, 0.1) is 0 Å². The van der Waals surface area contributed by atoms with Crippen LogP contribution in [0.4, 0.5) is 0 Å². The molecule has 0 aromatic carbocycles. The number of hydrogen-bond acceptors (Lipinski definition) is 5. The fraction of sp³-hybridized carbons (Fsp3) is 1.00. The third-order valence-electron chi connectivity index (χ3n) is 4.28. The minimum atomic E-state index is -2.17. The summed E-state index contributed by atoms with van der Waals surface area (Å²) in [5.41, 5.74) is 0.385. The molecule has 5 nitrogen and oxygen atoms in total. The van der Waals surface area contributed by atoms with Crippen LogP contribution in [-0.2, 0) is 18.9 Å². The van der Waals surface area contributed by atoms with Crippen molar-refractivity contribution in [3.8, 4) is 0 Å². The first-order valence-corrected chi connectivity index (χ1v) is 10.6. The van der Waals surface area contributed by atoms with Gasteiger partial charge in [-0.2, -0.15) is 0 Å². The van der Waals surface area contributed by atoms with Gasteiger partial charge in [-0.3, -0.25) is 0 Å². The molecule has 21 heavy (non-hydrogen) atoms. The molecule has 0 saturated carbocycles. The molecule has 2 fully saturated rings. The normalized spacial score (nSPS) is 26.9. The summed E-state index contributed by atoms with van der Waals surface area (Å²) >= 11 is 0. The molecule has 1 N–H and O–H groups in total. The SMILES string of the molecule is CC(C)[Si](O)(CCCOCC1CO1)CCCOCC1CO1. The average Bonchev–Trinajstić information content (AvgIpc) is 3.32. The minimum Gasteiger partial charge on any atom is -0.431 e. The molecular weight excluding hydrogens is 288 g/mol. The molecule has 2 atom stereocenters. The minimum absolute atomic E-state index is 0.332. The highest BCUT2D eigenvalue weighted by Gasteiger charge is 2.34. The number of rotatable bonds is 13. The van der Waals surface area contributed by atoms with Crippen molar-refractivity contribution in [2.45, 2.75) is 56.5 Å². The number of ether oxygens (including phenoxy) is 4. The molecule has 6 heteroatoms. The smallest absolute Gasteiger partial charge is 0.191 e. The van der Waals surface area contributed by atoms with Gasteiger partial charge in [0.25, 0.3) is 0 Å². The maximum Gasteiger partial charge on any atom is 0.191 e. The van der Waals surface area contributed by atoms with Gasteiger partial charge < -0.3 is 23.7 Å². The fourth-order valence-corrected chi connectivity index (χ4v) is 5.34. The van der Waals surface area contributed by atoms with Gasteiger partial charge in [0.1, 0.15) is 12.2 Å². The molecule has 0 radical (unpaired) electrons. The van der Waals surface area contributed by atoms with Crippen LogP contribution < -0.4 is 0 Å². The lowest BCUT2D eigenvalue weighted by Crippen LogP contribution is -2.38. The van der Waals surface area contributed by atoms with Crippen molar-refractivity contribution in [2.24, 2.45) is 0 Å². The van der Waals surface area contributed by atoms with Crippen LogP contribution in [0.3, 0.4) is 0 Å². The molecule has 2 rings (SSSR count). The highest BCUT2D eigenvalue weighted by Crippen LogP contribution is 2.29. The largest absolute Gasteiger partial charge is 0.431 e. The number of epoxide rings is 2. The predicted molar refractivity (Wildman–Crippen MR) is 83.0 cm³/mol. The maximum absolute atomic E-state index is 10.9. The summed E-state index contributed by atoms with van der Waals surface area (Å²) in [4.78, 5) is 10.9. The molecule has 0 spiro atoms. The zero-order valence-electron chi connectivity index (χ0n) is 13.4. The van der Waals surface area contributed by atoms with Crippen molar-refractivity contribution < 1.29 is 23.7 Å². The van der Waals surface area contributed by atoms with Crippen molar-refractivity contribution >= 4 is 8.32 Å². The van der Waals surface area contributed by atoms with Crippen molar-refractivity contribution in [1.29, 1.82) is 0 Å². The summed E-state index contributed by atoms with van der Waals surface area (Å²) in [6, 6.07) is 1.84. The zero-order chi connectivity index (χ0) is 15.1. The molecule has 0 aromatic heterocycles. The van der Waals surface area contributed by atoms with Gasteiger partial charge in [-0.1, -0.05) is 13.8 Å². The van der Waals surface area contributed by atoms with Crippen molar-refractivity contribution in [3.63, 3.8) is 0 Å². The van der Waals surface area contributed by atoms with Gasteiger partial charge in [-0.25, -0.2) is 0 Å². The third-order valence-corrected chi connectivity index (χ3v) is 8.87. The van der Waals surface area contributed by atoms with Crippen molar-refractivity contribution in [2.75, 3.05) is 39.6 Å². The molecule has 0 aromatic rings. The van der Waals surface area contributed by atoms with Crippen molar-refractivity contribution in [1.82, 2.24) is 0 Å². The van der Waals surface area contributed by atoms with E-state index < -0.39 is 8.32 Å². The summed E-state index contributed by atoms with van der Waals surface area (Å²) in [5.74, 6) is 0. The monoisotopic (exact) mass is 318 g/mol. The van der Waals surface area contributed by atoms with Crippen LogP contribution >= 0.6 is 0 Å². The van der Waals surface area contributed by atoms with Gasteiger partial charge >= 0.3 is 0 Å². The standard InChI is InChI=1S/C15H30O5Si/c1-13(2)21(16,7-3-5-17-9-14-11-19-14)8-4-6-18-10-15-12-20-15/h13-16H,3-12H2,1-2H3. The van der Waals surface area contributed by atoms with E-state index in [1.807, 2.05) is 0 Å². The Labute approximate surface area is 129 Å². The quantitative estimate of drug-likeness (QED) is 0.319. The Morgan fingerprint density at radius 1 is 1.00 bits per heavy atom. The Morgan fingerprint density at radius 2 is 1.43 bits per heavy atom. The van der Waals surface area contributed by atoms with Crippen molar-refractivity contribution in [3.05, 3.63) is 0 Å². The van der Waals surface area contributed by atoms with Gasteiger partial charge in [-0.05, 0) is 30.5 Å². The van der Waals surface area contributed by atoms with Gasteiger partial charge in [0.2, 0.25) is 0 Å². The van der Waals surface area contributed by atoms with Gasteiger partial charge in [0, 0.05) is 13.2 Å². The second-order valence-electron chi connectivity index (χ2n) is 6.53. The highest BCUT2D eigenvalue weighted by atomic mass is 28.4. The van der Waals surface area contributed by atoms with E-state index in [2.05, 4.69) is 13.8 Å². The molecule has 2 aliphatic rings. The first-order valence-electron chi connectivity index (χ1n) is 8.21. The van der Waals surface area contributed by atoms with Gasteiger partial charge in [0.15, 0.2) is 8.32 Å². The summed E-state index contributed by atoms with van der Waals surface area (Å²) < 4.78 is 21.3. The zero-order valence-corrected chi connectivity index (χ0v) is 14.4. The van der Waals surface area contributed by atoms with Crippen LogP contribution in [0.2, 0.25) is 17.6 Å². The molecule has 2 saturated heterocycles.